The summed E-state index contributed by atoms with van der Waals surface area (Å²) in [6.45, 7) is -0.0187. The number of rotatable bonds is 4. The van der Waals surface area contributed by atoms with Crippen LogP contribution in [0.2, 0.25) is 15.1 Å². The Balaban J connectivity index is 2.06. The van der Waals surface area contributed by atoms with Crippen LogP contribution in [0.5, 0.6) is 0 Å². The fraction of sp³-hybridized carbons (Fsp3) is 0.158. The summed E-state index contributed by atoms with van der Waals surface area (Å²) in [6, 6.07) is 9.78. The van der Waals surface area contributed by atoms with E-state index < -0.39 is 22.3 Å². The van der Waals surface area contributed by atoms with Gasteiger partial charge in [0.05, 0.1) is 37.6 Å². The monoisotopic (exact) mass is 460 g/mol. The van der Waals surface area contributed by atoms with Crippen molar-refractivity contribution in [2.24, 2.45) is 11.5 Å². The van der Waals surface area contributed by atoms with Crippen molar-refractivity contribution in [3.05, 3.63) is 80.7 Å². The van der Waals surface area contributed by atoms with Gasteiger partial charge in [-0.2, -0.15) is 13.2 Å². The quantitative estimate of drug-likeness (QED) is 0.554. The van der Waals surface area contributed by atoms with Crippen LogP contribution in [-0.2, 0) is 11.7 Å². The number of hydrogen-bond donors (Lipinski definition) is 2. The van der Waals surface area contributed by atoms with Crippen LogP contribution in [0.4, 0.5) is 13.2 Å². The number of benzene rings is 2. The normalized spacial score (nSPS) is 13.9. The zero-order chi connectivity index (χ0) is 21.4. The maximum Gasteiger partial charge on any atom is 0.417 e. The summed E-state index contributed by atoms with van der Waals surface area (Å²) in [5.41, 5.74) is 12.0. The molecule has 1 aromatic heterocycles. The Labute approximate surface area is 179 Å². The first-order chi connectivity index (χ1) is 13.6. The predicted octanol–water partition coefficient (Wildman–Crippen LogP) is 5.28. The minimum Gasteiger partial charge on any atom is -0.328 e. The van der Waals surface area contributed by atoms with Crippen LogP contribution in [-0.4, -0.2) is 16.5 Å². The zero-order valence-electron chi connectivity index (χ0n) is 14.6. The highest BCUT2D eigenvalue weighted by atomic mass is 35.5. The predicted molar refractivity (Wildman–Crippen MR) is 108 cm³/mol. The van der Waals surface area contributed by atoms with E-state index in [0.29, 0.717) is 32.6 Å². The molecular weight excluding hydrogens is 448 g/mol. The molecule has 0 aliphatic rings. The van der Waals surface area contributed by atoms with Crippen molar-refractivity contribution in [1.82, 2.24) is 9.97 Å². The third-order valence-corrected chi connectivity index (χ3v) is 5.50. The van der Waals surface area contributed by atoms with Crippen LogP contribution >= 0.6 is 34.8 Å². The molecule has 0 saturated carbocycles. The van der Waals surface area contributed by atoms with E-state index in [0.717, 1.165) is 6.07 Å². The smallest absolute Gasteiger partial charge is 0.328 e. The van der Waals surface area contributed by atoms with E-state index in [1.54, 1.807) is 24.3 Å². The lowest BCUT2D eigenvalue weighted by molar-refractivity contribution is -0.137. The van der Waals surface area contributed by atoms with Gasteiger partial charge in [0, 0.05) is 12.1 Å². The van der Waals surface area contributed by atoms with E-state index in [2.05, 4.69) is 9.97 Å². The molecule has 152 valence electrons. The van der Waals surface area contributed by atoms with Gasteiger partial charge >= 0.3 is 6.18 Å². The molecule has 3 rings (SSSR count). The van der Waals surface area contributed by atoms with Crippen molar-refractivity contribution in [3.63, 3.8) is 0 Å². The van der Waals surface area contributed by atoms with Gasteiger partial charge in [-0.1, -0.05) is 46.9 Å². The Morgan fingerprint density at radius 1 is 0.862 bits per heavy atom. The molecule has 4 nitrogen and oxygen atoms in total. The van der Waals surface area contributed by atoms with Crippen molar-refractivity contribution in [3.8, 4) is 11.3 Å². The second-order valence-corrected chi connectivity index (χ2v) is 7.51. The Kier molecular flexibility index (Phi) is 6.08. The number of aromatic nitrogens is 2. The molecule has 0 aliphatic carbocycles. The highest BCUT2D eigenvalue weighted by Crippen LogP contribution is 2.37. The number of alkyl halides is 3. The molecule has 2 aromatic carbocycles. The summed E-state index contributed by atoms with van der Waals surface area (Å²) in [5.74, 6) is 0. The average Bonchev–Trinajstić information content (AvgIpc) is 2.68. The Morgan fingerprint density at radius 3 is 2.17 bits per heavy atom. The average molecular weight is 462 g/mol. The van der Waals surface area contributed by atoms with E-state index >= 15 is 0 Å². The van der Waals surface area contributed by atoms with Crippen LogP contribution in [0, 0.1) is 0 Å². The van der Waals surface area contributed by atoms with Gasteiger partial charge in [-0.15, -0.1) is 0 Å². The standard InChI is InChI=1S/C19H14Cl3F3N4/c20-13-4-2-11(6-15(13)22)18(27,8-26)17-7-16(28-9-29-17)10-1-3-12(14(21)5-10)19(23,24)25/h1-7,9H,8,26-27H2. The third-order valence-electron chi connectivity index (χ3n) is 4.45. The Bertz CT molecular complexity index is 1060. The fourth-order valence-corrected chi connectivity index (χ4v) is 3.39. The molecule has 0 bridgehead atoms. The van der Waals surface area contributed by atoms with Crippen LogP contribution < -0.4 is 11.5 Å². The second-order valence-electron chi connectivity index (χ2n) is 6.29. The maximum atomic E-state index is 12.9. The zero-order valence-corrected chi connectivity index (χ0v) is 16.9. The van der Waals surface area contributed by atoms with Gasteiger partial charge in [-0.3, -0.25) is 0 Å². The van der Waals surface area contributed by atoms with Crippen LogP contribution in [0.3, 0.4) is 0 Å². The molecule has 10 heteroatoms. The van der Waals surface area contributed by atoms with Crippen molar-refractivity contribution < 1.29 is 13.2 Å². The van der Waals surface area contributed by atoms with Crippen molar-refractivity contribution in [2.45, 2.75) is 11.7 Å². The topological polar surface area (TPSA) is 77.8 Å². The van der Waals surface area contributed by atoms with Crippen LogP contribution in [0.1, 0.15) is 16.8 Å². The first kappa shape index (κ1) is 21.8. The first-order valence-corrected chi connectivity index (χ1v) is 9.34. The van der Waals surface area contributed by atoms with Gasteiger partial charge in [-0.05, 0) is 35.9 Å². The molecule has 0 aliphatic heterocycles. The SMILES string of the molecule is NCC(N)(c1ccc(Cl)c(Cl)c1)c1cc(-c2ccc(C(F)(F)F)c(Cl)c2)ncn1. The molecule has 1 atom stereocenters. The molecular formula is C19H14Cl3F3N4. The molecule has 0 amide bonds. The van der Waals surface area contributed by atoms with Crippen molar-refractivity contribution in [2.75, 3.05) is 6.54 Å². The summed E-state index contributed by atoms with van der Waals surface area (Å²) < 4.78 is 38.8. The molecule has 29 heavy (non-hydrogen) atoms. The molecule has 1 heterocycles. The summed E-state index contributed by atoms with van der Waals surface area (Å²) >= 11 is 17.9. The lowest BCUT2D eigenvalue weighted by Crippen LogP contribution is -2.45. The highest BCUT2D eigenvalue weighted by Gasteiger charge is 2.34. The lowest BCUT2D eigenvalue weighted by Gasteiger charge is -2.28. The lowest BCUT2D eigenvalue weighted by atomic mass is 9.87. The largest absolute Gasteiger partial charge is 0.417 e. The minimum atomic E-state index is -4.55. The first-order valence-electron chi connectivity index (χ1n) is 8.20. The molecule has 4 N–H and O–H groups in total. The number of nitrogens with zero attached hydrogens (tertiary/aromatic N) is 2. The molecule has 0 spiro atoms. The Morgan fingerprint density at radius 2 is 1.59 bits per heavy atom. The van der Waals surface area contributed by atoms with Crippen LogP contribution in [0.15, 0.2) is 48.8 Å². The molecule has 0 radical (unpaired) electrons. The maximum absolute atomic E-state index is 12.9. The van der Waals surface area contributed by atoms with E-state index in [9.17, 15) is 13.2 Å². The Hall–Kier alpha value is -1.90. The van der Waals surface area contributed by atoms with E-state index in [4.69, 9.17) is 46.3 Å². The van der Waals surface area contributed by atoms with E-state index in [-0.39, 0.29) is 6.54 Å². The van der Waals surface area contributed by atoms with Crippen molar-refractivity contribution >= 4 is 34.8 Å². The number of hydrogen-bond acceptors (Lipinski definition) is 4. The minimum absolute atomic E-state index is 0.0187. The van der Waals surface area contributed by atoms with Gasteiger partial charge < -0.3 is 11.5 Å². The summed E-state index contributed by atoms with van der Waals surface area (Å²) in [4.78, 5) is 8.33. The van der Waals surface area contributed by atoms with Crippen LogP contribution in [0.25, 0.3) is 11.3 Å². The summed E-state index contributed by atoms with van der Waals surface area (Å²) in [7, 11) is 0. The molecule has 1 unspecified atom stereocenters. The third kappa shape index (κ3) is 4.34. The number of halogens is 6. The second kappa shape index (κ2) is 8.08. The highest BCUT2D eigenvalue weighted by molar-refractivity contribution is 6.42. The van der Waals surface area contributed by atoms with Gasteiger partial charge in [0.1, 0.15) is 6.33 Å². The summed E-state index contributed by atoms with van der Waals surface area (Å²) in [6.07, 6.45) is -3.29. The fourth-order valence-electron chi connectivity index (χ4n) is 2.81. The molecule has 3 aromatic rings. The van der Waals surface area contributed by atoms with Gasteiger partial charge in [0.25, 0.3) is 0 Å². The van der Waals surface area contributed by atoms with Crippen molar-refractivity contribution in [1.29, 1.82) is 0 Å². The van der Waals surface area contributed by atoms with Gasteiger partial charge in [0.2, 0.25) is 0 Å². The number of nitrogens with two attached hydrogens (primary N) is 2. The van der Waals surface area contributed by atoms with Gasteiger partial charge in [0.15, 0.2) is 0 Å². The van der Waals surface area contributed by atoms with E-state index in [1.165, 1.54) is 18.5 Å². The van der Waals surface area contributed by atoms with Gasteiger partial charge in [-0.25, -0.2) is 9.97 Å². The van der Waals surface area contributed by atoms with E-state index in [1.807, 2.05) is 0 Å². The molecule has 0 saturated heterocycles. The molecule has 0 fully saturated rings. The summed E-state index contributed by atoms with van der Waals surface area (Å²) in [5, 5.41) is 0.228.